The van der Waals surface area contributed by atoms with E-state index in [9.17, 15) is 0 Å². The van der Waals surface area contributed by atoms with Gasteiger partial charge in [0.1, 0.15) is 0 Å². The molecule has 2 aromatic rings. The molecule has 0 aliphatic rings. The zero-order chi connectivity index (χ0) is 12.8. The van der Waals surface area contributed by atoms with Crippen LogP contribution in [0.3, 0.4) is 0 Å². The minimum Gasteiger partial charge on any atom is -0.472 e. The summed E-state index contributed by atoms with van der Waals surface area (Å²) in [4.78, 5) is 1.34. The summed E-state index contributed by atoms with van der Waals surface area (Å²) in [5, 5.41) is 3.56. The molecule has 0 fully saturated rings. The molecule has 1 N–H and O–H groups in total. The van der Waals surface area contributed by atoms with Gasteiger partial charge in [-0.1, -0.05) is 25.1 Å². The summed E-state index contributed by atoms with van der Waals surface area (Å²) in [5.41, 5.74) is 2.60. The molecule has 1 atom stereocenters. The molecule has 0 bridgehead atoms. The Labute approximate surface area is 113 Å². The summed E-state index contributed by atoms with van der Waals surface area (Å²) in [7, 11) is 0. The number of thioether (sulfide) groups is 1. The zero-order valence-electron chi connectivity index (χ0n) is 10.8. The molecule has 1 aromatic heterocycles. The van der Waals surface area contributed by atoms with Crippen LogP contribution in [0.25, 0.3) is 0 Å². The summed E-state index contributed by atoms with van der Waals surface area (Å²) in [6.45, 7) is 3.11. The van der Waals surface area contributed by atoms with Crippen LogP contribution in [0, 0.1) is 0 Å². The van der Waals surface area contributed by atoms with Crippen LogP contribution in [0.5, 0.6) is 0 Å². The molecular weight excluding hydrogens is 242 g/mol. The second-order valence-electron chi connectivity index (χ2n) is 4.19. The standard InChI is InChI=1S/C15H19NOS/c1-3-16-14(10-12-8-9-17-11-12)13-6-4-5-7-15(13)18-2/h4-9,11,14,16H,3,10H2,1-2H3. The number of furan rings is 1. The number of likely N-dealkylation sites (N-methyl/N-ethyl adjacent to an activating group) is 1. The van der Waals surface area contributed by atoms with E-state index in [1.165, 1.54) is 16.0 Å². The Morgan fingerprint density at radius 3 is 2.78 bits per heavy atom. The first-order chi connectivity index (χ1) is 8.85. The normalized spacial score (nSPS) is 12.6. The van der Waals surface area contributed by atoms with Gasteiger partial charge in [-0.2, -0.15) is 0 Å². The molecule has 1 heterocycles. The van der Waals surface area contributed by atoms with Crippen LogP contribution < -0.4 is 5.32 Å². The molecule has 1 unspecified atom stereocenters. The first kappa shape index (κ1) is 13.2. The van der Waals surface area contributed by atoms with Gasteiger partial charge in [-0.3, -0.25) is 0 Å². The van der Waals surface area contributed by atoms with Crippen molar-refractivity contribution in [3.63, 3.8) is 0 Å². The summed E-state index contributed by atoms with van der Waals surface area (Å²) >= 11 is 1.80. The number of rotatable bonds is 6. The lowest BCUT2D eigenvalue weighted by Crippen LogP contribution is -2.23. The molecule has 1 aromatic carbocycles. The summed E-state index contributed by atoms with van der Waals surface area (Å²) in [6.07, 6.45) is 6.65. The van der Waals surface area contributed by atoms with Crippen molar-refractivity contribution in [3.05, 3.63) is 54.0 Å². The predicted octanol–water partition coefficient (Wildman–Crippen LogP) is 3.89. The molecule has 0 saturated carbocycles. The van der Waals surface area contributed by atoms with Crippen molar-refractivity contribution >= 4 is 11.8 Å². The Hall–Kier alpha value is -1.19. The van der Waals surface area contributed by atoms with Crippen LogP contribution in [0.4, 0.5) is 0 Å². The molecule has 0 aliphatic carbocycles. The molecule has 0 aliphatic heterocycles. The number of benzene rings is 1. The maximum absolute atomic E-state index is 5.15. The number of nitrogens with one attached hydrogen (secondary N) is 1. The van der Waals surface area contributed by atoms with E-state index in [4.69, 9.17) is 4.42 Å². The van der Waals surface area contributed by atoms with Crippen LogP contribution in [-0.2, 0) is 6.42 Å². The third-order valence-corrected chi connectivity index (χ3v) is 3.80. The second kappa shape index (κ2) is 6.66. The molecule has 0 saturated heterocycles. The predicted molar refractivity (Wildman–Crippen MR) is 77.1 cm³/mol. The highest BCUT2D eigenvalue weighted by Gasteiger charge is 2.14. The topological polar surface area (TPSA) is 25.2 Å². The number of hydrogen-bond donors (Lipinski definition) is 1. The summed E-state index contributed by atoms with van der Waals surface area (Å²) < 4.78 is 5.15. The Kier molecular flexibility index (Phi) is 4.90. The quantitative estimate of drug-likeness (QED) is 0.798. The van der Waals surface area contributed by atoms with E-state index in [-0.39, 0.29) is 0 Å². The first-order valence-electron chi connectivity index (χ1n) is 6.22. The van der Waals surface area contributed by atoms with Crippen molar-refractivity contribution in [1.29, 1.82) is 0 Å². The Bertz CT molecular complexity index is 467. The molecule has 0 amide bonds. The highest BCUT2D eigenvalue weighted by atomic mass is 32.2. The number of hydrogen-bond acceptors (Lipinski definition) is 3. The van der Waals surface area contributed by atoms with Crippen LogP contribution >= 0.6 is 11.8 Å². The fourth-order valence-corrected chi connectivity index (χ4v) is 2.80. The lowest BCUT2D eigenvalue weighted by molar-refractivity contribution is 0.530. The minimum atomic E-state index is 0.344. The Morgan fingerprint density at radius 2 is 2.11 bits per heavy atom. The monoisotopic (exact) mass is 261 g/mol. The molecule has 2 nitrogen and oxygen atoms in total. The van der Waals surface area contributed by atoms with Gasteiger partial charge in [-0.15, -0.1) is 11.8 Å². The van der Waals surface area contributed by atoms with Crippen LogP contribution in [-0.4, -0.2) is 12.8 Å². The van der Waals surface area contributed by atoms with Crippen LogP contribution in [0.1, 0.15) is 24.1 Å². The zero-order valence-corrected chi connectivity index (χ0v) is 11.7. The van der Waals surface area contributed by atoms with Crippen molar-refractivity contribution in [2.45, 2.75) is 24.3 Å². The van der Waals surface area contributed by atoms with E-state index < -0.39 is 0 Å². The van der Waals surface area contributed by atoms with Gasteiger partial charge in [0.15, 0.2) is 0 Å². The first-order valence-corrected chi connectivity index (χ1v) is 7.45. The fraction of sp³-hybridized carbons (Fsp3) is 0.333. The average Bonchev–Trinajstić information content (AvgIpc) is 2.91. The Balaban J connectivity index is 2.23. The van der Waals surface area contributed by atoms with E-state index in [0.717, 1.165) is 13.0 Å². The largest absolute Gasteiger partial charge is 0.472 e. The van der Waals surface area contributed by atoms with Gasteiger partial charge in [0.05, 0.1) is 12.5 Å². The smallest absolute Gasteiger partial charge is 0.0935 e. The third-order valence-electron chi connectivity index (χ3n) is 2.98. The lowest BCUT2D eigenvalue weighted by Gasteiger charge is -2.20. The van der Waals surface area contributed by atoms with Crippen molar-refractivity contribution in [2.24, 2.45) is 0 Å². The highest BCUT2D eigenvalue weighted by Crippen LogP contribution is 2.28. The molecule has 18 heavy (non-hydrogen) atoms. The van der Waals surface area contributed by atoms with Gasteiger partial charge >= 0.3 is 0 Å². The van der Waals surface area contributed by atoms with E-state index in [2.05, 4.69) is 42.8 Å². The van der Waals surface area contributed by atoms with Gasteiger partial charge in [-0.05, 0) is 42.5 Å². The third kappa shape index (κ3) is 3.18. The molecule has 96 valence electrons. The maximum Gasteiger partial charge on any atom is 0.0935 e. The van der Waals surface area contributed by atoms with E-state index in [1.807, 2.05) is 12.3 Å². The van der Waals surface area contributed by atoms with Gasteiger partial charge < -0.3 is 9.73 Å². The minimum absolute atomic E-state index is 0.344. The van der Waals surface area contributed by atoms with Crippen molar-refractivity contribution in [1.82, 2.24) is 5.32 Å². The second-order valence-corrected chi connectivity index (χ2v) is 5.04. The maximum atomic E-state index is 5.15. The van der Waals surface area contributed by atoms with Crippen molar-refractivity contribution < 1.29 is 4.42 Å². The molecule has 0 radical (unpaired) electrons. The van der Waals surface area contributed by atoms with Gasteiger partial charge in [0.2, 0.25) is 0 Å². The van der Waals surface area contributed by atoms with E-state index in [0.29, 0.717) is 6.04 Å². The lowest BCUT2D eigenvalue weighted by atomic mass is 10.0. The molecular formula is C15H19NOS. The Morgan fingerprint density at radius 1 is 1.28 bits per heavy atom. The molecule has 0 spiro atoms. The van der Waals surface area contributed by atoms with Gasteiger partial charge in [-0.25, -0.2) is 0 Å². The van der Waals surface area contributed by atoms with Crippen LogP contribution in [0.2, 0.25) is 0 Å². The van der Waals surface area contributed by atoms with Crippen LogP contribution in [0.15, 0.2) is 52.2 Å². The fourth-order valence-electron chi connectivity index (χ4n) is 2.14. The SMILES string of the molecule is CCNC(Cc1ccoc1)c1ccccc1SC. The summed E-state index contributed by atoms with van der Waals surface area (Å²) in [6, 6.07) is 11.0. The van der Waals surface area contributed by atoms with Crippen molar-refractivity contribution in [2.75, 3.05) is 12.8 Å². The molecule has 3 heteroatoms. The van der Waals surface area contributed by atoms with Gasteiger partial charge in [0.25, 0.3) is 0 Å². The van der Waals surface area contributed by atoms with E-state index in [1.54, 1.807) is 18.0 Å². The van der Waals surface area contributed by atoms with E-state index >= 15 is 0 Å². The summed E-state index contributed by atoms with van der Waals surface area (Å²) in [5.74, 6) is 0. The highest BCUT2D eigenvalue weighted by molar-refractivity contribution is 7.98. The molecule has 2 rings (SSSR count). The average molecular weight is 261 g/mol. The van der Waals surface area contributed by atoms with Gasteiger partial charge in [0, 0.05) is 10.9 Å². The van der Waals surface area contributed by atoms with Crippen molar-refractivity contribution in [3.8, 4) is 0 Å².